The van der Waals surface area contributed by atoms with E-state index in [1.807, 2.05) is 0 Å². The standard InChI is InChI=1S/C16H20BrFO/c17-14-8-7-13(16(18)11-14)10-15(19)9-6-12-4-2-1-3-5-12/h7-8,11-12H,1-6,9-10H2. The Balaban J connectivity index is 1.80. The van der Waals surface area contributed by atoms with E-state index in [1.54, 1.807) is 12.1 Å². The van der Waals surface area contributed by atoms with Crippen LogP contribution < -0.4 is 0 Å². The molecule has 19 heavy (non-hydrogen) atoms. The molecule has 1 saturated carbocycles. The lowest BCUT2D eigenvalue weighted by atomic mass is 9.85. The maximum Gasteiger partial charge on any atom is 0.137 e. The largest absolute Gasteiger partial charge is 0.299 e. The molecule has 1 aromatic rings. The van der Waals surface area contributed by atoms with Gasteiger partial charge in [0.1, 0.15) is 11.6 Å². The smallest absolute Gasteiger partial charge is 0.137 e. The molecule has 0 aromatic heterocycles. The second kappa shape index (κ2) is 7.18. The van der Waals surface area contributed by atoms with Gasteiger partial charge in [0.2, 0.25) is 0 Å². The van der Waals surface area contributed by atoms with Crippen molar-refractivity contribution >= 4 is 21.7 Å². The predicted molar refractivity (Wildman–Crippen MR) is 78.6 cm³/mol. The third-order valence-corrected chi connectivity index (χ3v) is 4.45. The second-order valence-corrected chi connectivity index (χ2v) is 6.41. The lowest BCUT2D eigenvalue weighted by Gasteiger charge is -2.20. The molecule has 1 aliphatic carbocycles. The fraction of sp³-hybridized carbons (Fsp3) is 0.562. The van der Waals surface area contributed by atoms with Gasteiger partial charge in [0, 0.05) is 17.3 Å². The van der Waals surface area contributed by atoms with Gasteiger partial charge in [-0.2, -0.15) is 0 Å². The van der Waals surface area contributed by atoms with Gasteiger partial charge < -0.3 is 0 Å². The van der Waals surface area contributed by atoms with Crippen LogP contribution in [-0.2, 0) is 11.2 Å². The van der Waals surface area contributed by atoms with Crippen molar-refractivity contribution in [2.45, 2.75) is 51.4 Å². The van der Waals surface area contributed by atoms with E-state index in [2.05, 4.69) is 15.9 Å². The molecule has 3 heteroatoms. The van der Waals surface area contributed by atoms with Gasteiger partial charge in [0.25, 0.3) is 0 Å². The summed E-state index contributed by atoms with van der Waals surface area (Å²) in [5.74, 6) is 0.583. The topological polar surface area (TPSA) is 17.1 Å². The first-order valence-corrected chi connectivity index (χ1v) is 7.90. The first-order chi connectivity index (χ1) is 9.15. The summed E-state index contributed by atoms with van der Waals surface area (Å²) in [6, 6.07) is 4.90. The Labute approximate surface area is 122 Å². The fourth-order valence-corrected chi connectivity index (χ4v) is 3.14. The summed E-state index contributed by atoms with van der Waals surface area (Å²) in [7, 11) is 0. The first kappa shape index (κ1) is 14.7. The average molecular weight is 327 g/mol. The molecule has 1 nitrogen and oxygen atoms in total. The SMILES string of the molecule is O=C(CCC1CCCCC1)Cc1ccc(Br)cc1F. The Morgan fingerprint density at radius 2 is 2.00 bits per heavy atom. The number of ketones is 1. The molecule has 0 atom stereocenters. The van der Waals surface area contributed by atoms with Crippen LogP contribution >= 0.6 is 15.9 Å². The Morgan fingerprint density at radius 1 is 1.26 bits per heavy atom. The highest BCUT2D eigenvalue weighted by molar-refractivity contribution is 9.10. The molecule has 1 aromatic carbocycles. The number of benzene rings is 1. The van der Waals surface area contributed by atoms with Gasteiger partial charge in [-0.15, -0.1) is 0 Å². The van der Waals surface area contributed by atoms with Crippen molar-refractivity contribution in [1.82, 2.24) is 0 Å². The molecule has 104 valence electrons. The molecule has 0 saturated heterocycles. The molecule has 2 rings (SSSR count). The highest BCUT2D eigenvalue weighted by Crippen LogP contribution is 2.27. The minimum Gasteiger partial charge on any atom is -0.299 e. The van der Waals surface area contributed by atoms with E-state index in [-0.39, 0.29) is 18.0 Å². The number of carbonyl (C=O) groups excluding carboxylic acids is 1. The van der Waals surface area contributed by atoms with Crippen LogP contribution in [0, 0.1) is 11.7 Å². The summed E-state index contributed by atoms with van der Waals surface area (Å²) in [5.41, 5.74) is 0.511. The van der Waals surface area contributed by atoms with Crippen LogP contribution in [0.2, 0.25) is 0 Å². The summed E-state index contributed by atoms with van der Waals surface area (Å²) in [6.07, 6.45) is 8.29. The molecule has 1 aliphatic rings. The summed E-state index contributed by atoms with van der Waals surface area (Å²) < 4.78 is 14.3. The molecule has 0 aliphatic heterocycles. The quantitative estimate of drug-likeness (QED) is 0.739. The number of Topliss-reactive ketones (excluding diaryl/α,β-unsaturated/α-hetero) is 1. The van der Waals surface area contributed by atoms with Gasteiger partial charge in [-0.05, 0) is 30.0 Å². The monoisotopic (exact) mass is 326 g/mol. The van der Waals surface area contributed by atoms with Crippen molar-refractivity contribution in [2.24, 2.45) is 5.92 Å². The van der Waals surface area contributed by atoms with Gasteiger partial charge in [0.15, 0.2) is 0 Å². The maximum atomic E-state index is 13.6. The Kier molecular flexibility index (Phi) is 5.56. The van der Waals surface area contributed by atoms with Crippen LogP contribution in [0.1, 0.15) is 50.5 Å². The van der Waals surface area contributed by atoms with Crippen LogP contribution in [0.4, 0.5) is 4.39 Å². The van der Waals surface area contributed by atoms with Crippen LogP contribution in [-0.4, -0.2) is 5.78 Å². The molecule has 0 heterocycles. The molecular weight excluding hydrogens is 307 g/mol. The van der Waals surface area contributed by atoms with Crippen molar-refractivity contribution in [3.05, 3.63) is 34.1 Å². The highest BCUT2D eigenvalue weighted by atomic mass is 79.9. The summed E-state index contributed by atoms with van der Waals surface area (Å²) in [5, 5.41) is 0. The van der Waals surface area contributed by atoms with E-state index >= 15 is 0 Å². The Bertz CT molecular complexity index is 438. The Hall–Kier alpha value is -0.700. The van der Waals surface area contributed by atoms with Crippen molar-refractivity contribution in [3.63, 3.8) is 0 Å². The zero-order chi connectivity index (χ0) is 13.7. The van der Waals surface area contributed by atoms with Gasteiger partial charge in [-0.25, -0.2) is 4.39 Å². The zero-order valence-corrected chi connectivity index (χ0v) is 12.7. The molecule has 0 bridgehead atoms. The van der Waals surface area contributed by atoms with Crippen molar-refractivity contribution in [3.8, 4) is 0 Å². The maximum absolute atomic E-state index is 13.6. The van der Waals surface area contributed by atoms with Crippen LogP contribution in [0.15, 0.2) is 22.7 Å². The third-order valence-electron chi connectivity index (χ3n) is 3.96. The van der Waals surface area contributed by atoms with Gasteiger partial charge >= 0.3 is 0 Å². The van der Waals surface area contributed by atoms with E-state index in [0.717, 1.165) is 6.42 Å². The molecular formula is C16H20BrFO. The van der Waals surface area contributed by atoms with E-state index in [4.69, 9.17) is 0 Å². The number of carbonyl (C=O) groups is 1. The van der Waals surface area contributed by atoms with Crippen LogP contribution in [0.25, 0.3) is 0 Å². The predicted octanol–water partition coefficient (Wildman–Crippen LogP) is 5.06. The minimum absolute atomic E-state index is 0.159. The summed E-state index contributed by atoms with van der Waals surface area (Å²) in [4.78, 5) is 11.9. The lowest BCUT2D eigenvalue weighted by molar-refractivity contribution is -0.118. The van der Waals surface area contributed by atoms with Crippen LogP contribution in [0.3, 0.4) is 0 Å². The average Bonchev–Trinajstić information content (AvgIpc) is 2.41. The molecule has 0 N–H and O–H groups in total. The minimum atomic E-state index is -0.291. The fourth-order valence-electron chi connectivity index (χ4n) is 2.81. The van der Waals surface area contributed by atoms with E-state index < -0.39 is 0 Å². The molecule has 0 amide bonds. The number of hydrogen-bond donors (Lipinski definition) is 0. The third kappa shape index (κ3) is 4.72. The van der Waals surface area contributed by atoms with Crippen molar-refractivity contribution in [1.29, 1.82) is 0 Å². The Morgan fingerprint density at radius 3 is 2.68 bits per heavy atom. The highest BCUT2D eigenvalue weighted by Gasteiger charge is 2.15. The van der Waals surface area contributed by atoms with Gasteiger partial charge in [-0.3, -0.25) is 4.79 Å². The molecule has 0 unspecified atom stereocenters. The van der Waals surface area contributed by atoms with Crippen molar-refractivity contribution in [2.75, 3.05) is 0 Å². The molecule has 0 radical (unpaired) electrons. The number of halogens is 2. The molecule has 1 fully saturated rings. The second-order valence-electron chi connectivity index (χ2n) is 5.49. The summed E-state index contributed by atoms with van der Waals surface area (Å²) in [6.45, 7) is 0. The van der Waals surface area contributed by atoms with Crippen LogP contribution in [0.5, 0.6) is 0 Å². The molecule has 0 spiro atoms. The zero-order valence-electron chi connectivity index (χ0n) is 11.1. The first-order valence-electron chi connectivity index (χ1n) is 7.11. The van der Waals surface area contributed by atoms with E-state index in [0.29, 0.717) is 22.4 Å². The lowest BCUT2D eigenvalue weighted by Crippen LogP contribution is -2.10. The van der Waals surface area contributed by atoms with E-state index in [1.165, 1.54) is 38.2 Å². The normalized spacial score (nSPS) is 16.5. The van der Waals surface area contributed by atoms with E-state index in [9.17, 15) is 9.18 Å². The number of hydrogen-bond acceptors (Lipinski definition) is 1. The van der Waals surface area contributed by atoms with Crippen molar-refractivity contribution < 1.29 is 9.18 Å². The summed E-state index contributed by atoms with van der Waals surface area (Å²) >= 11 is 3.22. The number of rotatable bonds is 5. The van der Waals surface area contributed by atoms with Gasteiger partial charge in [-0.1, -0.05) is 54.1 Å². The van der Waals surface area contributed by atoms with Gasteiger partial charge in [0.05, 0.1) is 0 Å².